The van der Waals surface area contributed by atoms with Crippen molar-refractivity contribution >= 4 is 21.6 Å². The first kappa shape index (κ1) is 11.7. The van der Waals surface area contributed by atoms with Gasteiger partial charge in [-0.3, -0.25) is 10.1 Å². The SMILES string of the molecule is Cc1ccc(C)n1Nc1cccc(Br)c1C#N. The molecule has 4 heteroatoms. The number of nitriles is 1. The normalized spacial score (nSPS) is 10.0. The summed E-state index contributed by atoms with van der Waals surface area (Å²) >= 11 is 3.38. The molecule has 86 valence electrons. The van der Waals surface area contributed by atoms with Crippen molar-refractivity contribution in [2.24, 2.45) is 0 Å². The van der Waals surface area contributed by atoms with Crippen LogP contribution in [0.3, 0.4) is 0 Å². The second kappa shape index (κ2) is 4.64. The highest BCUT2D eigenvalue weighted by Crippen LogP contribution is 2.24. The van der Waals surface area contributed by atoms with Crippen molar-refractivity contribution in [1.82, 2.24) is 4.68 Å². The highest BCUT2D eigenvalue weighted by molar-refractivity contribution is 9.10. The van der Waals surface area contributed by atoms with E-state index >= 15 is 0 Å². The molecule has 17 heavy (non-hydrogen) atoms. The number of aryl methyl sites for hydroxylation is 2. The maximum atomic E-state index is 9.14. The van der Waals surface area contributed by atoms with Gasteiger partial charge in [0.1, 0.15) is 6.07 Å². The molecule has 0 aliphatic carbocycles. The number of nitrogens with zero attached hydrogens (tertiary/aromatic N) is 2. The van der Waals surface area contributed by atoms with E-state index in [1.165, 1.54) is 0 Å². The summed E-state index contributed by atoms with van der Waals surface area (Å²) in [6, 6.07) is 11.9. The predicted molar refractivity (Wildman–Crippen MR) is 71.8 cm³/mol. The largest absolute Gasteiger partial charge is 0.293 e. The van der Waals surface area contributed by atoms with Gasteiger partial charge in [0.25, 0.3) is 0 Å². The Morgan fingerprint density at radius 3 is 2.41 bits per heavy atom. The van der Waals surface area contributed by atoms with Gasteiger partial charge in [-0.25, -0.2) is 0 Å². The van der Waals surface area contributed by atoms with Crippen LogP contribution in [0.25, 0.3) is 0 Å². The van der Waals surface area contributed by atoms with Gasteiger partial charge in [0.15, 0.2) is 0 Å². The summed E-state index contributed by atoms with van der Waals surface area (Å²) in [5.74, 6) is 0. The van der Waals surface area contributed by atoms with Crippen molar-refractivity contribution in [3.05, 3.63) is 51.8 Å². The number of hydrogen-bond acceptors (Lipinski definition) is 2. The molecule has 0 radical (unpaired) electrons. The summed E-state index contributed by atoms with van der Waals surface area (Å²) < 4.78 is 2.76. The van der Waals surface area contributed by atoms with E-state index in [0.29, 0.717) is 5.56 Å². The summed E-state index contributed by atoms with van der Waals surface area (Å²) in [4.78, 5) is 0. The van der Waals surface area contributed by atoms with E-state index in [4.69, 9.17) is 5.26 Å². The van der Waals surface area contributed by atoms with E-state index in [9.17, 15) is 0 Å². The lowest BCUT2D eigenvalue weighted by Crippen LogP contribution is -2.13. The molecule has 0 amide bonds. The molecule has 0 aliphatic heterocycles. The van der Waals surface area contributed by atoms with Crippen molar-refractivity contribution in [3.8, 4) is 6.07 Å². The fraction of sp³-hybridized carbons (Fsp3) is 0.154. The van der Waals surface area contributed by atoms with Crippen LogP contribution in [0.2, 0.25) is 0 Å². The van der Waals surface area contributed by atoms with Gasteiger partial charge in [-0.15, -0.1) is 0 Å². The Balaban J connectivity index is 2.44. The third kappa shape index (κ3) is 2.20. The van der Waals surface area contributed by atoms with Gasteiger partial charge < -0.3 is 0 Å². The minimum Gasteiger partial charge on any atom is -0.293 e. The Hall–Kier alpha value is -1.73. The van der Waals surface area contributed by atoms with Crippen molar-refractivity contribution in [1.29, 1.82) is 5.26 Å². The maximum absolute atomic E-state index is 9.14. The quantitative estimate of drug-likeness (QED) is 0.917. The average molecular weight is 290 g/mol. The number of nitrogens with one attached hydrogen (secondary N) is 1. The molecule has 0 saturated carbocycles. The van der Waals surface area contributed by atoms with Gasteiger partial charge in [0.2, 0.25) is 0 Å². The molecule has 0 saturated heterocycles. The van der Waals surface area contributed by atoms with Gasteiger partial charge in [0, 0.05) is 15.9 Å². The van der Waals surface area contributed by atoms with E-state index in [2.05, 4.69) is 27.4 Å². The van der Waals surface area contributed by atoms with Crippen LogP contribution < -0.4 is 5.43 Å². The molecule has 0 aliphatic rings. The summed E-state index contributed by atoms with van der Waals surface area (Å²) in [7, 11) is 0. The van der Waals surface area contributed by atoms with Crippen LogP contribution in [-0.4, -0.2) is 4.68 Å². The minimum atomic E-state index is 0.611. The maximum Gasteiger partial charge on any atom is 0.103 e. The molecule has 0 atom stereocenters. The molecule has 3 nitrogen and oxygen atoms in total. The van der Waals surface area contributed by atoms with Crippen LogP contribution >= 0.6 is 15.9 Å². The summed E-state index contributed by atoms with van der Waals surface area (Å²) in [6.45, 7) is 4.04. The third-order valence-electron chi connectivity index (χ3n) is 2.63. The summed E-state index contributed by atoms with van der Waals surface area (Å²) in [5.41, 5.74) is 6.86. The highest BCUT2D eigenvalue weighted by atomic mass is 79.9. The van der Waals surface area contributed by atoms with E-state index in [1.54, 1.807) is 0 Å². The Bertz CT molecular complexity index is 574. The number of benzene rings is 1. The molecule has 0 unspecified atom stereocenters. The molecule has 1 aromatic carbocycles. The standard InChI is InChI=1S/C13H12BrN3/c1-9-6-7-10(2)17(9)16-13-5-3-4-12(14)11(13)8-15/h3-7,16H,1-2H3. The van der Waals surface area contributed by atoms with Crippen LogP contribution in [0.5, 0.6) is 0 Å². The zero-order valence-corrected chi connectivity index (χ0v) is 11.2. The topological polar surface area (TPSA) is 40.8 Å². The Morgan fingerprint density at radius 2 is 1.82 bits per heavy atom. The van der Waals surface area contributed by atoms with Gasteiger partial charge >= 0.3 is 0 Å². The number of aromatic nitrogens is 1. The Labute approximate surface area is 109 Å². The molecule has 2 rings (SSSR count). The molecule has 0 bridgehead atoms. The number of rotatable bonds is 2. The highest BCUT2D eigenvalue weighted by Gasteiger charge is 2.07. The van der Waals surface area contributed by atoms with Crippen molar-refractivity contribution < 1.29 is 0 Å². The second-order valence-corrected chi connectivity index (χ2v) is 4.69. The zero-order valence-electron chi connectivity index (χ0n) is 9.66. The lowest BCUT2D eigenvalue weighted by atomic mass is 10.2. The van der Waals surface area contributed by atoms with Gasteiger partial charge in [0.05, 0.1) is 11.3 Å². The number of anilines is 1. The Morgan fingerprint density at radius 1 is 1.18 bits per heavy atom. The van der Waals surface area contributed by atoms with Crippen molar-refractivity contribution in [2.45, 2.75) is 13.8 Å². The molecular weight excluding hydrogens is 278 g/mol. The van der Waals surface area contributed by atoms with Crippen molar-refractivity contribution in [2.75, 3.05) is 5.43 Å². The summed E-state index contributed by atoms with van der Waals surface area (Å²) in [6.07, 6.45) is 0. The smallest absolute Gasteiger partial charge is 0.103 e. The molecule has 1 heterocycles. The van der Waals surface area contributed by atoms with Gasteiger partial charge in [-0.1, -0.05) is 6.07 Å². The van der Waals surface area contributed by atoms with E-state index < -0.39 is 0 Å². The first-order valence-electron chi connectivity index (χ1n) is 5.24. The number of halogens is 1. The fourth-order valence-electron chi connectivity index (χ4n) is 1.70. The van der Waals surface area contributed by atoms with Crippen LogP contribution in [0.15, 0.2) is 34.8 Å². The molecule has 0 spiro atoms. The Kier molecular flexibility index (Phi) is 3.21. The van der Waals surface area contributed by atoms with Crippen LogP contribution in [0.4, 0.5) is 5.69 Å². The fourth-order valence-corrected chi connectivity index (χ4v) is 2.15. The second-order valence-electron chi connectivity index (χ2n) is 3.84. The summed E-state index contributed by atoms with van der Waals surface area (Å²) in [5, 5.41) is 9.14. The first-order chi connectivity index (χ1) is 8.13. The van der Waals surface area contributed by atoms with Gasteiger partial charge in [-0.2, -0.15) is 5.26 Å². The minimum absolute atomic E-state index is 0.611. The molecule has 0 fully saturated rings. The molecule has 1 N–H and O–H groups in total. The van der Waals surface area contributed by atoms with Crippen LogP contribution in [-0.2, 0) is 0 Å². The molecular formula is C13H12BrN3. The molecule has 2 aromatic rings. The number of hydrogen-bond donors (Lipinski definition) is 1. The lowest BCUT2D eigenvalue weighted by Gasteiger charge is -2.14. The third-order valence-corrected chi connectivity index (χ3v) is 3.29. The van der Waals surface area contributed by atoms with E-state index in [1.807, 2.05) is 48.9 Å². The monoisotopic (exact) mass is 289 g/mol. The first-order valence-corrected chi connectivity index (χ1v) is 6.03. The molecule has 1 aromatic heterocycles. The zero-order chi connectivity index (χ0) is 12.4. The lowest BCUT2D eigenvalue weighted by molar-refractivity contribution is 0.880. The van der Waals surface area contributed by atoms with Gasteiger partial charge in [-0.05, 0) is 54.0 Å². The van der Waals surface area contributed by atoms with E-state index in [0.717, 1.165) is 21.5 Å². The predicted octanol–water partition coefficient (Wildman–Crippen LogP) is 3.61. The van der Waals surface area contributed by atoms with Crippen molar-refractivity contribution in [3.63, 3.8) is 0 Å². The average Bonchev–Trinajstić information content (AvgIpc) is 2.61. The van der Waals surface area contributed by atoms with Crippen LogP contribution in [0, 0.1) is 25.2 Å². The van der Waals surface area contributed by atoms with Crippen LogP contribution in [0.1, 0.15) is 17.0 Å². The van der Waals surface area contributed by atoms with E-state index in [-0.39, 0.29) is 0 Å².